The van der Waals surface area contributed by atoms with Gasteiger partial charge in [0.25, 0.3) is 0 Å². The summed E-state index contributed by atoms with van der Waals surface area (Å²) in [6.07, 6.45) is 4.97. The van der Waals surface area contributed by atoms with Crippen molar-refractivity contribution in [1.82, 2.24) is 0 Å². The summed E-state index contributed by atoms with van der Waals surface area (Å²) in [5.74, 6) is 6.21. The average molecular weight is 240 g/mol. The average Bonchev–Trinajstić information content (AvgIpc) is 2.58. The maximum absolute atomic E-state index is 3.17. The number of aryl methyl sites for hydroxylation is 1. The molecule has 0 saturated heterocycles. The monoisotopic (exact) mass is 240 g/mol. The Morgan fingerprint density at radius 3 is 2.88 bits per heavy atom. The van der Waals surface area contributed by atoms with Crippen molar-refractivity contribution in [3.8, 4) is 11.8 Å². The van der Waals surface area contributed by atoms with Crippen LogP contribution in [-0.2, 0) is 6.42 Å². The first-order valence-corrected chi connectivity index (χ1v) is 6.84. The second-order valence-corrected chi connectivity index (χ2v) is 4.78. The molecule has 1 heterocycles. The zero-order valence-electron chi connectivity index (χ0n) is 10.5. The van der Waals surface area contributed by atoms with Gasteiger partial charge in [-0.05, 0) is 35.6 Å². The van der Waals surface area contributed by atoms with E-state index in [4.69, 9.17) is 0 Å². The van der Waals surface area contributed by atoms with Crippen LogP contribution in [0.4, 0.5) is 0 Å². The van der Waals surface area contributed by atoms with Gasteiger partial charge in [-0.25, -0.2) is 0 Å². The van der Waals surface area contributed by atoms with Crippen LogP contribution in [0.3, 0.4) is 0 Å². The lowest BCUT2D eigenvalue weighted by Gasteiger charge is -1.96. The van der Waals surface area contributed by atoms with Crippen LogP contribution in [-0.4, -0.2) is 0 Å². The van der Waals surface area contributed by atoms with Gasteiger partial charge in [0, 0.05) is 16.0 Å². The summed E-state index contributed by atoms with van der Waals surface area (Å²) in [5.41, 5.74) is 2.77. The fourth-order valence-corrected chi connectivity index (χ4v) is 3.15. The molecule has 0 amide bonds. The predicted molar refractivity (Wildman–Crippen MR) is 78.4 cm³/mol. The third kappa shape index (κ3) is 2.14. The summed E-state index contributed by atoms with van der Waals surface area (Å²) >= 11 is 1.87. The quantitative estimate of drug-likeness (QED) is 0.580. The molecule has 0 radical (unpaired) electrons. The van der Waals surface area contributed by atoms with Crippen molar-refractivity contribution in [1.29, 1.82) is 0 Å². The van der Waals surface area contributed by atoms with Crippen molar-refractivity contribution in [2.75, 3.05) is 0 Å². The van der Waals surface area contributed by atoms with E-state index in [1.807, 2.05) is 31.3 Å². The highest BCUT2D eigenvalue weighted by Crippen LogP contribution is 2.35. The first-order valence-electron chi connectivity index (χ1n) is 6.02. The standard InChI is InChI=1S/C14H10S.C2H6/c1-10-6-5-8-12-11-7-3-2-4-9-13(11)15-14(10)12;1-2/h4-6,8-9H,7H2,1H3;1-2H3. The predicted octanol–water partition coefficient (Wildman–Crippen LogP) is 4.81. The van der Waals surface area contributed by atoms with Crippen LogP contribution in [0, 0.1) is 18.8 Å². The minimum absolute atomic E-state index is 0.881. The third-order valence-corrected chi connectivity index (χ3v) is 4.08. The zero-order valence-corrected chi connectivity index (χ0v) is 11.3. The van der Waals surface area contributed by atoms with E-state index in [1.54, 1.807) is 0 Å². The van der Waals surface area contributed by atoms with Crippen LogP contribution in [0.1, 0.15) is 29.9 Å². The molecule has 0 unspecified atom stereocenters. The second kappa shape index (κ2) is 5.21. The molecule has 86 valence electrons. The molecular weight excluding hydrogens is 224 g/mol. The minimum atomic E-state index is 0.881. The summed E-state index contributed by atoms with van der Waals surface area (Å²) in [4.78, 5) is 1.36. The molecule has 0 aliphatic heterocycles. The Balaban J connectivity index is 0.000000514. The van der Waals surface area contributed by atoms with Gasteiger partial charge < -0.3 is 0 Å². The minimum Gasteiger partial charge on any atom is -0.135 e. The van der Waals surface area contributed by atoms with Gasteiger partial charge in [0.05, 0.1) is 0 Å². The van der Waals surface area contributed by atoms with E-state index in [0.29, 0.717) is 0 Å². The van der Waals surface area contributed by atoms with Gasteiger partial charge in [-0.2, -0.15) is 0 Å². The Labute approximate surface area is 107 Å². The normalized spacial score (nSPS) is 11.9. The fraction of sp³-hybridized carbons (Fsp3) is 0.250. The van der Waals surface area contributed by atoms with E-state index in [0.717, 1.165) is 6.42 Å². The van der Waals surface area contributed by atoms with E-state index >= 15 is 0 Å². The maximum atomic E-state index is 3.17. The first kappa shape index (κ1) is 12.0. The van der Waals surface area contributed by atoms with E-state index in [2.05, 4.69) is 43.0 Å². The summed E-state index contributed by atoms with van der Waals surface area (Å²) in [6.45, 7) is 6.17. The topological polar surface area (TPSA) is 0 Å². The van der Waals surface area contributed by atoms with Crippen molar-refractivity contribution in [2.45, 2.75) is 27.2 Å². The van der Waals surface area contributed by atoms with Gasteiger partial charge in [0.15, 0.2) is 0 Å². The highest BCUT2D eigenvalue weighted by atomic mass is 32.1. The Bertz CT molecular complexity index is 618. The fourth-order valence-electron chi connectivity index (χ4n) is 1.96. The van der Waals surface area contributed by atoms with Crippen LogP contribution in [0.5, 0.6) is 0 Å². The lowest BCUT2D eigenvalue weighted by Crippen LogP contribution is -1.81. The van der Waals surface area contributed by atoms with E-state index < -0.39 is 0 Å². The molecule has 1 aliphatic rings. The molecule has 0 N–H and O–H groups in total. The molecule has 0 spiro atoms. The smallest absolute Gasteiger partial charge is 0.0381 e. The molecule has 1 heteroatoms. The molecule has 0 nitrogen and oxygen atoms in total. The number of benzene rings is 1. The van der Waals surface area contributed by atoms with E-state index in [9.17, 15) is 0 Å². The first-order chi connectivity index (χ1) is 8.36. The number of hydrogen-bond acceptors (Lipinski definition) is 1. The Morgan fingerprint density at radius 1 is 1.24 bits per heavy atom. The van der Waals surface area contributed by atoms with Crippen molar-refractivity contribution in [2.24, 2.45) is 0 Å². The molecule has 0 bridgehead atoms. The zero-order chi connectivity index (χ0) is 12.3. The van der Waals surface area contributed by atoms with E-state index in [-0.39, 0.29) is 0 Å². The molecule has 0 saturated carbocycles. The molecule has 1 aromatic heterocycles. The maximum Gasteiger partial charge on any atom is 0.0381 e. The van der Waals surface area contributed by atoms with Crippen LogP contribution in [0.25, 0.3) is 16.2 Å². The molecule has 17 heavy (non-hydrogen) atoms. The van der Waals surface area contributed by atoms with Gasteiger partial charge in [-0.15, -0.1) is 11.3 Å². The highest BCUT2D eigenvalue weighted by molar-refractivity contribution is 7.20. The highest BCUT2D eigenvalue weighted by Gasteiger charge is 2.11. The summed E-state index contributed by atoms with van der Waals surface area (Å²) < 4.78 is 1.41. The van der Waals surface area contributed by atoms with Crippen LogP contribution >= 0.6 is 11.3 Å². The number of rotatable bonds is 0. The SMILES string of the molecule is CC.Cc1cccc2c3c(sc12)C=CC#CC3. The Morgan fingerprint density at radius 2 is 2.06 bits per heavy atom. The summed E-state index contributed by atoms with van der Waals surface area (Å²) in [6, 6.07) is 6.51. The van der Waals surface area contributed by atoms with Gasteiger partial charge in [0.2, 0.25) is 0 Å². The van der Waals surface area contributed by atoms with Gasteiger partial charge in [0.1, 0.15) is 0 Å². The van der Waals surface area contributed by atoms with Crippen molar-refractivity contribution < 1.29 is 0 Å². The van der Waals surface area contributed by atoms with Crippen LogP contribution in [0.15, 0.2) is 24.3 Å². The molecule has 3 rings (SSSR count). The molecule has 0 fully saturated rings. The molecular formula is C16H16S. The van der Waals surface area contributed by atoms with Crippen LogP contribution < -0.4 is 0 Å². The molecule has 0 atom stereocenters. The Hall–Kier alpha value is -1.52. The van der Waals surface area contributed by atoms with Gasteiger partial charge in [-0.3, -0.25) is 0 Å². The lowest BCUT2D eigenvalue weighted by atomic mass is 10.1. The van der Waals surface area contributed by atoms with E-state index in [1.165, 1.54) is 26.1 Å². The summed E-state index contributed by atoms with van der Waals surface area (Å²) in [5, 5.41) is 1.39. The number of hydrogen-bond donors (Lipinski definition) is 0. The van der Waals surface area contributed by atoms with Gasteiger partial charge in [-0.1, -0.05) is 43.9 Å². The number of allylic oxidation sites excluding steroid dienone is 1. The largest absolute Gasteiger partial charge is 0.135 e. The number of fused-ring (bicyclic) bond motifs is 3. The third-order valence-electron chi connectivity index (χ3n) is 2.73. The number of thiophene rings is 1. The summed E-state index contributed by atoms with van der Waals surface area (Å²) in [7, 11) is 0. The van der Waals surface area contributed by atoms with Crippen LogP contribution in [0.2, 0.25) is 0 Å². The molecule has 1 aromatic carbocycles. The van der Waals surface area contributed by atoms with Crippen molar-refractivity contribution in [3.05, 3.63) is 40.3 Å². The lowest BCUT2D eigenvalue weighted by molar-refractivity contribution is 1.37. The molecule has 1 aliphatic carbocycles. The Kier molecular flexibility index (Phi) is 3.66. The van der Waals surface area contributed by atoms with Crippen molar-refractivity contribution in [3.63, 3.8) is 0 Å². The van der Waals surface area contributed by atoms with Gasteiger partial charge >= 0.3 is 0 Å². The van der Waals surface area contributed by atoms with Crippen molar-refractivity contribution >= 4 is 27.5 Å². The second-order valence-electron chi connectivity index (χ2n) is 3.73. The molecule has 2 aromatic rings.